The maximum atomic E-state index is 12.9. The van der Waals surface area contributed by atoms with Crippen LogP contribution in [0.25, 0.3) is 0 Å². The van der Waals surface area contributed by atoms with Crippen molar-refractivity contribution in [2.45, 2.75) is 31.8 Å². The Morgan fingerprint density at radius 2 is 1.73 bits per heavy atom. The molecule has 0 aliphatic carbocycles. The van der Waals surface area contributed by atoms with Gasteiger partial charge in [-0.3, -0.25) is 5.21 Å². The quantitative estimate of drug-likeness (QED) is 0.319. The minimum Gasteiger partial charge on any atom is -0.497 e. The molecule has 2 aromatic rings. The summed E-state index contributed by atoms with van der Waals surface area (Å²) in [5.74, 6) is 1.64. The van der Waals surface area contributed by atoms with Crippen LogP contribution in [0.1, 0.15) is 24.8 Å². The highest BCUT2D eigenvalue weighted by Crippen LogP contribution is 2.22. The first kappa shape index (κ1) is 24.6. The zero-order chi connectivity index (χ0) is 23.6. The van der Waals surface area contributed by atoms with Crippen molar-refractivity contribution < 1.29 is 28.6 Å². The highest BCUT2D eigenvalue weighted by Gasteiger charge is 2.27. The van der Waals surface area contributed by atoms with Crippen molar-refractivity contribution >= 4 is 6.03 Å². The van der Waals surface area contributed by atoms with Gasteiger partial charge in [0.05, 0.1) is 26.9 Å². The molecule has 2 amide bonds. The number of piperidine rings is 1. The minimum atomic E-state index is -0.525. The molecule has 0 spiro atoms. The Morgan fingerprint density at radius 3 is 2.33 bits per heavy atom. The summed E-state index contributed by atoms with van der Waals surface area (Å²) in [5, 5.41) is 13.9. The van der Waals surface area contributed by atoms with Crippen LogP contribution in [0.5, 0.6) is 17.2 Å². The Labute approximate surface area is 193 Å². The van der Waals surface area contributed by atoms with Gasteiger partial charge in [-0.05, 0) is 61.2 Å². The molecule has 1 saturated heterocycles. The smallest absolute Gasteiger partial charge is 0.341 e. The number of carbonyl (C=O) groups is 1. The van der Waals surface area contributed by atoms with Crippen LogP contribution < -0.4 is 19.5 Å². The summed E-state index contributed by atoms with van der Waals surface area (Å²) in [7, 11) is 3.13. The van der Waals surface area contributed by atoms with Crippen molar-refractivity contribution in [3.05, 3.63) is 53.8 Å². The molecule has 9 heteroatoms. The first-order chi connectivity index (χ1) is 16.0. The normalized spacial score (nSPS) is 14.5. The molecule has 180 valence electrons. The minimum absolute atomic E-state index is 0.225. The summed E-state index contributed by atoms with van der Waals surface area (Å²) in [6, 6.07) is 10.6. The monoisotopic (exact) mass is 461 g/mol. The van der Waals surface area contributed by atoms with Crippen LogP contribution >= 0.6 is 0 Å². The molecule has 0 saturated carbocycles. The Morgan fingerprint density at radius 1 is 1.09 bits per heavy atom. The molecule has 0 radical (unpaired) electrons. The maximum Gasteiger partial charge on any atom is 0.341 e. The van der Waals surface area contributed by atoms with Crippen molar-refractivity contribution in [2.24, 2.45) is 0 Å². The number of hydrogen-bond donors (Lipinski definition) is 2. The van der Waals surface area contributed by atoms with Gasteiger partial charge in [0.2, 0.25) is 0 Å². The molecular formula is C24H32FN3O5. The van der Waals surface area contributed by atoms with E-state index in [-0.39, 0.29) is 18.4 Å². The van der Waals surface area contributed by atoms with Crippen molar-refractivity contribution in [2.75, 3.05) is 40.5 Å². The number of hydroxylamine groups is 2. The van der Waals surface area contributed by atoms with Gasteiger partial charge in [0, 0.05) is 32.2 Å². The second-order valence-corrected chi connectivity index (χ2v) is 7.95. The Balaban J connectivity index is 1.35. The van der Waals surface area contributed by atoms with E-state index in [0.717, 1.165) is 36.7 Å². The average Bonchev–Trinajstić information content (AvgIpc) is 2.85. The number of rotatable bonds is 10. The third kappa shape index (κ3) is 7.50. The summed E-state index contributed by atoms with van der Waals surface area (Å²) in [5.41, 5.74) is 0.811. The fourth-order valence-electron chi connectivity index (χ4n) is 3.79. The number of methoxy groups -OCH3 is 2. The lowest BCUT2D eigenvalue weighted by atomic mass is 10.0. The summed E-state index contributed by atoms with van der Waals surface area (Å²) in [6.45, 7) is 3.24. The van der Waals surface area contributed by atoms with E-state index < -0.39 is 6.03 Å². The summed E-state index contributed by atoms with van der Waals surface area (Å²) >= 11 is 0. The predicted molar refractivity (Wildman–Crippen MR) is 121 cm³/mol. The van der Waals surface area contributed by atoms with Gasteiger partial charge < -0.3 is 24.4 Å². The molecule has 8 nitrogen and oxygen atoms in total. The van der Waals surface area contributed by atoms with E-state index in [0.29, 0.717) is 36.7 Å². The lowest BCUT2D eigenvalue weighted by Crippen LogP contribution is -2.49. The van der Waals surface area contributed by atoms with Crippen molar-refractivity contribution in [3.63, 3.8) is 0 Å². The van der Waals surface area contributed by atoms with Crippen LogP contribution in [0.3, 0.4) is 0 Å². The maximum absolute atomic E-state index is 12.9. The lowest BCUT2D eigenvalue weighted by molar-refractivity contribution is -0.0927. The number of benzene rings is 2. The standard InChI is InChI=1S/C24H32FN3O5/c1-31-22-14-18(15-23(16-22)32-2)17-26-24(29)28(30)20-8-11-27(12-9-20)10-3-13-33-21-6-4-19(25)5-7-21/h4-7,14-16,20,30H,3,8-13,17H2,1-2H3,(H,26,29). The fraction of sp³-hybridized carbons (Fsp3) is 0.458. The zero-order valence-electron chi connectivity index (χ0n) is 19.1. The van der Waals surface area contributed by atoms with E-state index in [2.05, 4.69) is 10.2 Å². The van der Waals surface area contributed by atoms with Gasteiger partial charge in [-0.1, -0.05) is 0 Å². The van der Waals surface area contributed by atoms with E-state index in [1.54, 1.807) is 32.4 Å². The summed E-state index contributed by atoms with van der Waals surface area (Å²) in [4.78, 5) is 14.7. The number of ether oxygens (including phenoxy) is 3. The van der Waals surface area contributed by atoms with E-state index in [4.69, 9.17) is 14.2 Å². The van der Waals surface area contributed by atoms with Crippen molar-refractivity contribution in [1.82, 2.24) is 15.3 Å². The third-order valence-electron chi connectivity index (χ3n) is 5.67. The van der Waals surface area contributed by atoms with E-state index in [1.807, 2.05) is 12.1 Å². The van der Waals surface area contributed by atoms with Gasteiger partial charge >= 0.3 is 6.03 Å². The Bertz CT molecular complexity index is 866. The fourth-order valence-corrected chi connectivity index (χ4v) is 3.79. The molecule has 2 aromatic carbocycles. The molecule has 1 aliphatic rings. The molecule has 1 heterocycles. The molecule has 0 atom stereocenters. The first-order valence-electron chi connectivity index (χ1n) is 11.1. The van der Waals surface area contributed by atoms with Gasteiger partial charge in [0.1, 0.15) is 23.1 Å². The average molecular weight is 462 g/mol. The number of likely N-dealkylation sites (tertiary alicyclic amines) is 1. The van der Waals surface area contributed by atoms with Crippen LogP contribution in [0.2, 0.25) is 0 Å². The van der Waals surface area contributed by atoms with Gasteiger partial charge in [-0.25, -0.2) is 14.2 Å². The van der Waals surface area contributed by atoms with Crippen LogP contribution in [-0.2, 0) is 6.54 Å². The highest BCUT2D eigenvalue weighted by atomic mass is 19.1. The second-order valence-electron chi connectivity index (χ2n) is 7.95. The molecule has 0 bridgehead atoms. The van der Waals surface area contributed by atoms with Crippen LogP contribution in [-0.4, -0.2) is 67.7 Å². The van der Waals surface area contributed by atoms with Gasteiger partial charge in [0.25, 0.3) is 0 Å². The number of urea groups is 1. The Hall–Kier alpha value is -3.04. The number of nitrogens with one attached hydrogen (secondary N) is 1. The van der Waals surface area contributed by atoms with E-state index in [9.17, 15) is 14.4 Å². The van der Waals surface area contributed by atoms with Crippen molar-refractivity contribution in [3.8, 4) is 17.2 Å². The van der Waals surface area contributed by atoms with Crippen molar-refractivity contribution in [1.29, 1.82) is 0 Å². The van der Waals surface area contributed by atoms with E-state index in [1.165, 1.54) is 12.1 Å². The molecule has 1 aliphatic heterocycles. The number of hydrogen-bond acceptors (Lipinski definition) is 6. The molecule has 33 heavy (non-hydrogen) atoms. The van der Waals surface area contributed by atoms with Crippen LogP contribution in [0.15, 0.2) is 42.5 Å². The van der Waals surface area contributed by atoms with E-state index >= 15 is 0 Å². The number of halogens is 1. The van der Waals surface area contributed by atoms with Gasteiger partial charge in [-0.2, -0.15) is 0 Å². The lowest BCUT2D eigenvalue weighted by Gasteiger charge is -2.35. The van der Waals surface area contributed by atoms with Crippen LogP contribution in [0, 0.1) is 5.82 Å². The molecule has 3 rings (SSSR count). The molecular weight excluding hydrogens is 429 g/mol. The largest absolute Gasteiger partial charge is 0.497 e. The van der Waals surface area contributed by atoms with Crippen LogP contribution in [0.4, 0.5) is 9.18 Å². The predicted octanol–water partition coefficient (Wildman–Crippen LogP) is 3.68. The summed E-state index contributed by atoms with van der Waals surface area (Å²) < 4.78 is 29.0. The number of amides is 2. The zero-order valence-corrected chi connectivity index (χ0v) is 19.1. The number of nitrogens with zero attached hydrogens (tertiary/aromatic N) is 2. The van der Waals surface area contributed by atoms with Gasteiger partial charge in [0.15, 0.2) is 0 Å². The highest BCUT2D eigenvalue weighted by molar-refractivity contribution is 5.73. The van der Waals surface area contributed by atoms with Gasteiger partial charge in [-0.15, -0.1) is 0 Å². The second kappa shape index (κ2) is 12.3. The third-order valence-corrected chi connectivity index (χ3v) is 5.67. The molecule has 0 aromatic heterocycles. The molecule has 2 N–H and O–H groups in total. The SMILES string of the molecule is COc1cc(CNC(=O)N(O)C2CCN(CCCOc3ccc(F)cc3)CC2)cc(OC)c1. The first-order valence-corrected chi connectivity index (χ1v) is 11.1. The molecule has 1 fully saturated rings. The topological polar surface area (TPSA) is 83.5 Å². The summed E-state index contributed by atoms with van der Waals surface area (Å²) in [6.07, 6.45) is 2.22. The Kier molecular flexibility index (Phi) is 9.14. The molecule has 0 unspecified atom stereocenters. The number of carbonyl (C=O) groups excluding carboxylic acids is 1.